The quantitative estimate of drug-likeness (QED) is 0.714. The van der Waals surface area contributed by atoms with Crippen LogP contribution in [0.3, 0.4) is 0 Å². The van der Waals surface area contributed by atoms with Crippen LogP contribution in [-0.4, -0.2) is 25.8 Å². The Labute approximate surface area is 112 Å². The van der Waals surface area contributed by atoms with Crippen molar-refractivity contribution in [2.75, 3.05) is 19.8 Å². The molecule has 1 rings (SSSR count). The van der Waals surface area contributed by atoms with Gasteiger partial charge < -0.3 is 10.1 Å². The monoisotopic (exact) mass is 249 g/mol. The number of hydrogen-bond acceptors (Lipinski definition) is 2. The van der Waals surface area contributed by atoms with Crippen LogP contribution in [0.2, 0.25) is 0 Å². The Kier molecular flexibility index (Phi) is 6.99. The van der Waals surface area contributed by atoms with E-state index in [1.807, 2.05) is 6.92 Å². The number of nitrogens with one attached hydrogen (secondary N) is 1. The molecule has 0 bridgehead atoms. The summed E-state index contributed by atoms with van der Waals surface area (Å²) in [5, 5.41) is 3.55. The van der Waals surface area contributed by atoms with Crippen LogP contribution in [-0.2, 0) is 11.2 Å². The van der Waals surface area contributed by atoms with Crippen LogP contribution >= 0.6 is 0 Å². The highest BCUT2D eigenvalue weighted by Gasteiger charge is 2.08. The predicted molar refractivity (Wildman–Crippen MR) is 78.2 cm³/mol. The van der Waals surface area contributed by atoms with Gasteiger partial charge in [0.1, 0.15) is 0 Å². The first-order valence-corrected chi connectivity index (χ1v) is 7.04. The molecule has 0 spiro atoms. The summed E-state index contributed by atoms with van der Waals surface area (Å²) in [6.45, 7) is 11.2. The van der Waals surface area contributed by atoms with E-state index >= 15 is 0 Å². The van der Waals surface area contributed by atoms with Crippen molar-refractivity contribution in [2.45, 2.75) is 46.6 Å². The molecule has 1 unspecified atom stereocenters. The highest BCUT2D eigenvalue weighted by molar-refractivity contribution is 5.29. The van der Waals surface area contributed by atoms with Crippen molar-refractivity contribution < 1.29 is 4.74 Å². The standard InChI is InChI=1S/C16H27NO/c1-5-17-16(7-8-18-6-2)12-15-10-13(3)9-14(4)11-15/h9-11,16-17H,5-8,12H2,1-4H3. The first kappa shape index (κ1) is 15.2. The second kappa shape index (κ2) is 8.28. The SMILES string of the molecule is CCNC(CCOCC)Cc1cc(C)cc(C)c1. The maximum absolute atomic E-state index is 5.46. The van der Waals surface area contributed by atoms with Crippen LogP contribution in [0.15, 0.2) is 18.2 Å². The van der Waals surface area contributed by atoms with E-state index in [1.54, 1.807) is 0 Å². The summed E-state index contributed by atoms with van der Waals surface area (Å²) in [6.07, 6.45) is 2.16. The number of likely N-dealkylation sites (N-methyl/N-ethyl adjacent to an activating group) is 1. The van der Waals surface area contributed by atoms with Crippen molar-refractivity contribution in [2.24, 2.45) is 0 Å². The molecule has 1 aromatic carbocycles. The van der Waals surface area contributed by atoms with Gasteiger partial charge in [-0.15, -0.1) is 0 Å². The maximum Gasteiger partial charge on any atom is 0.0480 e. The van der Waals surface area contributed by atoms with Crippen molar-refractivity contribution in [1.29, 1.82) is 0 Å². The molecule has 0 amide bonds. The van der Waals surface area contributed by atoms with E-state index in [-0.39, 0.29) is 0 Å². The van der Waals surface area contributed by atoms with Crippen LogP contribution in [0.5, 0.6) is 0 Å². The third-order valence-electron chi connectivity index (χ3n) is 3.07. The number of aryl methyl sites for hydroxylation is 2. The molecule has 1 N–H and O–H groups in total. The number of hydrogen-bond donors (Lipinski definition) is 1. The topological polar surface area (TPSA) is 21.3 Å². The molecule has 0 aliphatic rings. The Morgan fingerprint density at radius 2 is 1.78 bits per heavy atom. The predicted octanol–water partition coefficient (Wildman–Crippen LogP) is 3.25. The highest BCUT2D eigenvalue weighted by Crippen LogP contribution is 2.12. The lowest BCUT2D eigenvalue weighted by Gasteiger charge is -2.18. The second-order valence-electron chi connectivity index (χ2n) is 4.94. The summed E-state index contributed by atoms with van der Waals surface area (Å²) in [5.41, 5.74) is 4.13. The Balaban J connectivity index is 2.58. The van der Waals surface area contributed by atoms with Crippen molar-refractivity contribution in [3.63, 3.8) is 0 Å². The molecule has 1 atom stereocenters. The third-order valence-corrected chi connectivity index (χ3v) is 3.07. The zero-order valence-electron chi connectivity index (χ0n) is 12.3. The minimum Gasteiger partial charge on any atom is -0.382 e. The van der Waals surface area contributed by atoms with E-state index in [1.165, 1.54) is 16.7 Å². The van der Waals surface area contributed by atoms with Crippen LogP contribution in [0.4, 0.5) is 0 Å². The molecule has 1 aromatic rings. The van der Waals surface area contributed by atoms with Gasteiger partial charge in [0, 0.05) is 19.3 Å². The largest absolute Gasteiger partial charge is 0.382 e. The van der Waals surface area contributed by atoms with Crippen LogP contribution in [0.1, 0.15) is 37.0 Å². The first-order valence-electron chi connectivity index (χ1n) is 7.04. The fourth-order valence-electron chi connectivity index (χ4n) is 2.41. The molecule has 18 heavy (non-hydrogen) atoms. The lowest BCUT2D eigenvalue weighted by molar-refractivity contribution is 0.136. The molecule has 0 aliphatic heterocycles. The van der Waals surface area contributed by atoms with E-state index in [0.29, 0.717) is 6.04 Å². The molecule has 0 fully saturated rings. The fraction of sp³-hybridized carbons (Fsp3) is 0.625. The van der Waals surface area contributed by atoms with Crippen molar-refractivity contribution in [3.05, 3.63) is 34.9 Å². The Bertz CT molecular complexity index is 329. The van der Waals surface area contributed by atoms with Gasteiger partial charge in [0.2, 0.25) is 0 Å². The maximum atomic E-state index is 5.46. The summed E-state index contributed by atoms with van der Waals surface area (Å²) in [4.78, 5) is 0. The zero-order valence-corrected chi connectivity index (χ0v) is 12.3. The highest BCUT2D eigenvalue weighted by atomic mass is 16.5. The average molecular weight is 249 g/mol. The minimum atomic E-state index is 0.516. The summed E-state index contributed by atoms with van der Waals surface area (Å²) in [7, 11) is 0. The summed E-state index contributed by atoms with van der Waals surface area (Å²) < 4.78 is 5.46. The molecular formula is C16H27NO. The van der Waals surface area contributed by atoms with Gasteiger partial charge in [0.25, 0.3) is 0 Å². The zero-order chi connectivity index (χ0) is 13.4. The molecule has 0 radical (unpaired) electrons. The molecule has 0 aliphatic carbocycles. The lowest BCUT2D eigenvalue weighted by Crippen LogP contribution is -2.32. The minimum absolute atomic E-state index is 0.516. The van der Waals surface area contributed by atoms with Crippen molar-refractivity contribution in [1.82, 2.24) is 5.32 Å². The van der Waals surface area contributed by atoms with Gasteiger partial charge in [0.15, 0.2) is 0 Å². The fourth-order valence-corrected chi connectivity index (χ4v) is 2.41. The van der Waals surface area contributed by atoms with Gasteiger partial charge in [-0.1, -0.05) is 36.2 Å². The van der Waals surface area contributed by atoms with Crippen LogP contribution in [0, 0.1) is 13.8 Å². The molecular weight excluding hydrogens is 222 g/mol. The molecule has 0 aromatic heterocycles. The van der Waals surface area contributed by atoms with E-state index in [0.717, 1.165) is 32.6 Å². The number of rotatable bonds is 8. The van der Waals surface area contributed by atoms with Crippen molar-refractivity contribution in [3.8, 4) is 0 Å². The van der Waals surface area contributed by atoms with Gasteiger partial charge in [-0.05, 0) is 45.7 Å². The van der Waals surface area contributed by atoms with Gasteiger partial charge in [-0.25, -0.2) is 0 Å². The number of benzene rings is 1. The second-order valence-corrected chi connectivity index (χ2v) is 4.94. The van der Waals surface area contributed by atoms with Crippen LogP contribution < -0.4 is 5.32 Å². The molecule has 0 saturated heterocycles. The van der Waals surface area contributed by atoms with Gasteiger partial charge >= 0.3 is 0 Å². The van der Waals surface area contributed by atoms with Gasteiger partial charge in [0.05, 0.1) is 0 Å². The van der Waals surface area contributed by atoms with Gasteiger partial charge in [-0.2, -0.15) is 0 Å². The summed E-state index contributed by atoms with van der Waals surface area (Å²) in [6, 6.07) is 7.32. The van der Waals surface area contributed by atoms with E-state index in [4.69, 9.17) is 4.74 Å². The van der Waals surface area contributed by atoms with E-state index in [9.17, 15) is 0 Å². The molecule has 2 nitrogen and oxygen atoms in total. The summed E-state index contributed by atoms with van der Waals surface area (Å²) in [5.74, 6) is 0. The third kappa shape index (κ3) is 5.65. The Hall–Kier alpha value is -0.860. The summed E-state index contributed by atoms with van der Waals surface area (Å²) >= 11 is 0. The molecule has 2 heteroatoms. The first-order chi connectivity index (χ1) is 8.65. The number of ether oxygens (including phenoxy) is 1. The molecule has 0 heterocycles. The van der Waals surface area contributed by atoms with E-state index < -0.39 is 0 Å². The average Bonchev–Trinajstić information content (AvgIpc) is 2.28. The Morgan fingerprint density at radius 1 is 1.11 bits per heavy atom. The van der Waals surface area contributed by atoms with Gasteiger partial charge in [-0.3, -0.25) is 0 Å². The molecule has 0 saturated carbocycles. The Morgan fingerprint density at radius 3 is 2.33 bits per heavy atom. The normalized spacial score (nSPS) is 12.7. The van der Waals surface area contributed by atoms with E-state index in [2.05, 4.69) is 44.3 Å². The smallest absolute Gasteiger partial charge is 0.0480 e. The molecule has 102 valence electrons. The van der Waals surface area contributed by atoms with Crippen molar-refractivity contribution >= 4 is 0 Å². The van der Waals surface area contributed by atoms with Crippen LogP contribution in [0.25, 0.3) is 0 Å². The lowest BCUT2D eigenvalue weighted by atomic mass is 9.99.